The van der Waals surface area contributed by atoms with Crippen molar-refractivity contribution < 1.29 is 4.79 Å². The van der Waals surface area contributed by atoms with Gasteiger partial charge in [-0.25, -0.2) is 0 Å². The van der Waals surface area contributed by atoms with Gasteiger partial charge in [0.25, 0.3) is 0 Å². The van der Waals surface area contributed by atoms with E-state index in [0.29, 0.717) is 0 Å². The van der Waals surface area contributed by atoms with Crippen molar-refractivity contribution in [1.82, 2.24) is 0 Å². The topological polar surface area (TPSA) is 20.3 Å². The number of ketones is 1. The first-order valence-corrected chi connectivity index (χ1v) is 6.85. The maximum absolute atomic E-state index is 11.7. The molecule has 2 rings (SSSR count). The van der Waals surface area contributed by atoms with E-state index in [0.717, 1.165) is 11.3 Å². The van der Waals surface area contributed by atoms with Crippen molar-refractivity contribution in [2.24, 2.45) is 0 Å². The first-order valence-electron chi connectivity index (χ1n) is 5.97. The van der Waals surface area contributed by atoms with Crippen LogP contribution in [-0.2, 0) is 0 Å². The minimum absolute atomic E-state index is 0.107. The minimum atomic E-state index is 0.107. The summed E-state index contributed by atoms with van der Waals surface area (Å²) in [4.78, 5) is 15.1. The minimum Gasteiger partial charge on any atom is -0.366 e. The van der Waals surface area contributed by atoms with Crippen molar-refractivity contribution in [2.75, 3.05) is 11.9 Å². The molecule has 2 aromatic rings. The van der Waals surface area contributed by atoms with Crippen LogP contribution in [0.4, 0.5) is 5.69 Å². The third-order valence-electron chi connectivity index (χ3n) is 3.20. The molecule has 0 saturated heterocycles. The molecular weight excluding hydrogens is 242 g/mol. The van der Waals surface area contributed by atoms with Crippen LogP contribution in [0.1, 0.15) is 35.1 Å². The van der Waals surface area contributed by atoms with Crippen molar-refractivity contribution in [3.8, 4) is 0 Å². The fraction of sp³-hybridized carbons (Fsp3) is 0.267. The molecule has 0 aliphatic rings. The van der Waals surface area contributed by atoms with Gasteiger partial charge in [-0.3, -0.25) is 4.79 Å². The zero-order chi connectivity index (χ0) is 13.1. The molecule has 1 aromatic heterocycles. The van der Waals surface area contributed by atoms with Gasteiger partial charge in [-0.15, -0.1) is 11.3 Å². The SMILES string of the molecule is CC(=O)c1ccccc1N(C)C(C)c1cccs1. The van der Waals surface area contributed by atoms with Crippen LogP contribution in [0, 0.1) is 0 Å². The molecule has 1 atom stereocenters. The first-order chi connectivity index (χ1) is 8.61. The highest BCUT2D eigenvalue weighted by atomic mass is 32.1. The van der Waals surface area contributed by atoms with Crippen LogP contribution in [0.15, 0.2) is 41.8 Å². The highest BCUT2D eigenvalue weighted by Gasteiger charge is 2.17. The quantitative estimate of drug-likeness (QED) is 0.769. The summed E-state index contributed by atoms with van der Waals surface area (Å²) in [6, 6.07) is 12.2. The normalized spacial score (nSPS) is 12.2. The summed E-state index contributed by atoms with van der Waals surface area (Å²) in [6.07, 6.45) is 0. The monoisotopic (exact) mass is 259 g/mol. The average Bonchev–Trinajstić information content (AvgIpc) is 2.90. The largest absolute Gasteiger partial charge is 0.366 e. The standard InChI is InChI=1S/C15H17NOS/c1-11(15-9-6-10-18-15)16(3)14-8-5-4-7-13(14)12(2)17/h4-11H,1-3H3. The second-order valence-corrected chi connectivity index (χ2v) is 5.35. The molecule has 3 heteroatoms. The van der Waals surface area contributed by atoms with Gasteiger partial charge in [0.15, 0.2) is 5.78 Å². The highest BCUT2D eigenvalue weighted by molar-refractivity contribution is 7.10. The summed E-state index contributed by atoms with van der Waals surface area (Å²) < 4.78 is 0. The number of Topliss-reactive ketones (excluding diaryl/α,β-unsaturated/α-hetero) is 1. The van der Waals surface area contributed by atoms with E-state index in [-0.39, 0.29) is 11.8 Å². The maximum atomic E-state index is 11.7. The van der Waals surface area contributed by atoms with Crippen molar-refractivity contribution in [1.29, 1.82) is 0 Å². The fourth-order valence-corrected chi connectivity index (χ4v) is 2.83. The second kappa shape index (κ2) is 5.36. The molecule has 94 valence electrons. The Balaban J connectivity index is 2.34. The Kier molecular flexibility index (Phi) is 3.82. The van der Waals surface area contributed by atoms with Gasteiger partial charge in [-0.1, -0.05) is 18.2 Å². The lowest BCUT2D eigenvalue weighted by atomic mass is 10.1. The lowest BCUT2D eigenvalue weighted by molar-refractivity contribution is 0.101. The predicted molar refractivity (Wildman–Crippen MR) is 77.6 cm³/mol. The number of para-hydroxylation sites is 1. The number of nitrogens with zero attached hydrogens (tertiary/aromatic N) is 1. The summed E-state index contributed by atoms with van der Waals surface area (Å²) in [5.41, 5.74) is 1.77. The fourth-order valence-electron chi connectivity index (χ4n) is 2.01. The first kappa shape index (κ1) is 12.8. The summed E-state index contributed by atoms with van der Waals surface area (Å²) in [5.74, 6) is 0.107. The molecule has 0 N–H and O–H groups in total. The lowest BCUT2D eigenvalue weighted by Gasteiger charge is -2.27. The third-order valence-corrected chi connectivity index (χ3v) is 4.24. The van der Waals surface area contributed by atoms with Crippen LogP contribution < -0.4 is 4.90 Å². The lowest BCUT2D eigenvalue weighted by Crippen LogP contribution is -2.22. The molecule has 18 heavy (non-hydrogen) atoms. The van der Waals surface area contributed by atoms with Crippen LogP contribution in [0.5, 0.6) is 0 Å². The Hall–Kier alpha value is -1.61. The van der Waals surface area contributed by atoms with Crippen LogP contribution >= 0.6 is 11.3 Å². The molecule has 0 fully saturated rings. The Bertz CT molecular complexity index is 533. The number of hydrogen-bond acceptors (Lipinski definition) is 3. The predicted octanol–water partition coefficient (Wildman–Crippen LogP) is 4.15. The van der Waals surface area contributed by atoms with Crippen molar-refractivity contribution >= 4 is 22.8 Å². The molecule has 0 spiro atoms. The number of benzene rings is 1. The summed E-state index contributed by atoms with van der Waals surface area (Å²) in [6.45, 7) is 3.77. The Labute approximate surface area is 112 Å². The number of carbonyl (C=O) groups excluding carboxylic acids is 1. The van der Waals surface area contributed by atoms with Gasteiger partial charge >= 0.3 is 0 Å². The van der Waals surface area contributed by atoms with Crippen molar-refractivity contribution in [3.05, 3.63) is 52.2 Å². The zero-order valence-electron chi connectivity index (χ0n) is 10.9. The van der Waals surface area contributed by atoms with Gasteiger partial charge in [0.1, 0.15) is 0 Å². The molecule has 0 aliphatic heterocycles. The maximum Gasteiger partial charge on any atom is 0.161 e. The molecule has 0 aliphatic carbocycles. The molecular formula is C15H17NOS. The second-order valence-electron chi connectivity index (χ2n) is 4.38. The molecule has 0 radical (unpaired) electrons. The zero-order valence-corrected chi connectivity index (χ0v) is 11.7. The van der Waals surface area contributed by atoms with Crippen LogP contribution in [-0.4, -0.2) is 12.8 Å². The van der Waals surface area contributed by atoms with E-state index in [2.05, 4.69) is 29.3 Å². The van der Waals surface area contributed by atoms with E-state index >= 15 is 0 Å². The van der Waals surface area contributed by atoms with Gasteiger partial charge in [0.05, 0.1) is 6.04 Å². The van der Waals surface area contributed by atoms with Gasteiger partial charge in [-0.05, 0) is 37.4 Å². The highest BCUT2D eigenvalue weighted by Crippen LogP contribution is 2.30. The van der Waals surface area contributed by atoms with Crippen LogP contribution in [0.2, 0.25) is 0 Å². The molecule has 0 bridgehead atoms. The van der Waals surface area contributed by atoms with Gasteiger partial charge in [0, 0.05) is 23.2 Å². The number of thiophene rings is 1. The summed E-state index contributed by atoms with van der Waals surface area (Å²) in [5, 5.41) is 2.08. The molecule has 1 aromatic carbocycles. The molecule has 0 saturated carbocycles. The molecule has 2 nitrogen and oxygen atoms in total. The van der Waals surface area contributed by atoms with E-state index in [1.54, 1.807) is 18.3 Å². The number of hydrogen-bond donors (Lipinski definition) is 0. The van der Waals surface area contributed by atoms with Crippen LogP contribution in [0.25, 0.3) is 0 Å². The average molecular weight is 259 g/mol. The van der Waals surface area contributed by atoms with E-state index in [1.165, 1.54) is 4.88 Å². The van der Waals surface area contributed by atoms with E-state index in [4.69, 9.17) is 0 Å². The van der Waals surface area contributed by atoms with Crippen molar-refractivity contribution in [2.45, 2.75) is 19.9 Å². The van der Waals surface area contributed by atoms with Gasteiger partial charge in [-0.2, -0.15) is 0 Å². The molecule has 0 amide bonds. The van der Waals surface area contributed by atoms with Crippen LogP contribution in [0.3, 0.4) is 0 Å². The van der Waals surface area contributed by atoms with Crippen molar-refractivity contribution in [3.63, 3.8) is 0 Å². The number of anilines is 1. The number of carbonyl (C=O) groups is 1. The smallest absolute Gasteiger partial charge is 0.161 e. The molecule has 1 heterocycles. The van der Waals surface area contributed by atoms with Gasteiger partial charge < -0.3 is 4.90 Å². The van der Waals surface area contributed by atoms with E-state index in [9.17, 15) is 4.79 Å². The number of rotatable bonds is 4. The van der Waals surface area contributed by atoms with E-state index < -0.39 is 0 Å². The Morgan fingerprint density at radius 1 is 1.22 bits per heavy atom. The van der Waals surface area contributed by atoms with E-state index in [1.807, 2.05) is 31.3 Å². The Morgan fingerprint density at radius 2 is 1.94 bits per heavy atom. The summed E-state index contributed by atoms with van der Waals surface area (Å²) >= 11 is 1.74. The third kappa shape index (κ3) is 2.46. The van der Waals surface area contributed by atoms with Gasteiger partial charge in [0.2, 0.25) is 0 Å². The molecule has 1 unspecified atom stereocenters. The Morgan fingerprint density at radius 3 is 2.56 bits per heavy atom. The summed E-state index contributed by atoms with van der Waals surface area (Å²) in [7, 11) is 2.03.